The van der Waals surface area contributed by atoms with Gasteiger partial charge in [0.05, 0.1) is 5.54 Å². The van der Waals surface area contributed by atoms with Crippen LogP contribution in [0, 0.1) is 11.6 Å². The third-order valence-electron chi connectivity index (χ3n) is 4.09. The monoisotopic (exact) mass is 320 g/mol. The van der Waals surface area contributed by atoms with Crippen molar-refractivity contribution in [1.29, 1.82) is 0 Å². The molecular formula is C16H18F2N4O. The van der Waals surface area contributed by atoms with Crippen molar-refractivity contribution in [2.24, 2.45) is 0 Å². The fraction of sp³-hybridized carbons (Fsp3) is 0.375. The number of aromatic nitrogens is 2. The number of nitrogens with one attached hydrogen (secondary N) is 3. The van der Waals surface area contributed by atoms with E-state index < -0.39 is 17.2 Å². The molecule has 3 N–H and O–H groups in total. The highest BCUT2D eigenvalue weighted by Gasteiger charge is 2.28. The molecule has 2 heterocycles. The molecule has 3 rings (SSSR count). The van der Waals surface area contributed by atoms with Gasteiger partial charge in [-0.25, -0.2) is 8.78 Å². The van der Waals surface area contributed by atoms with Crippen LogP contribution in [0.15, 0.2) is 18.2 Å². The highest BCUT2D eigenvalue weighted by molar-refractivity contribution is 5.94. The highest BCUT2D eigenvalue weighted by atomic mass is 19.2. The van der Waals surface area contributed by atoms with E-state index >= 15 is 0 Å². The van der Waals surface area contributed by atoms with Crippen molar-refractivity contribution in [3.63, 3.8) is 0 Å². The SMILES string of the molecule is CC(C)(NC(=O)c1n[nH]c2c1CNCC2)c1ccc(F)c(F)c1. The lowest BCUT2D eigenvalue weighted by Crippen LogP contribution is -2.42. The molecule has 0 saturated carbocycles. The molecule has 0 aliphatic carbocycles. The highest BCUT2D eigenvalue weighted by Crippen LogP contribution is 2.23. The van der Waals surface area contributed by atoms with Gasteiger partial charge in [-0.05, 0) is 31.5 Å². The number of H-pyrrole nitrogens is 1. The van der Waals surface area contributed by atoms with Crippen LogP contribution in [0.25, 0.3) is 0 Å². The molecule has 0 unspecified atom stereocenters. The van der Waals surface area contributed by atoms with Crippen LogP contribution in [0.2, 0.25) is 0 Å². The third kappa shape index (κ3) is 2.96. The maximum Gasteiger partial charge on any atom is 0.272 e. The number of amides is 1. The molecule has 1 aromatic heterocycles. The Morgan fingerprint density at radius 2 is 2.09 bits per heavy atom. The predicted molar refractivity (Wildman–Crippen MR) is 80.8 cm³/mol. The Balaban J connectivity index is 1.83. The molecule has 0 atom stereocenters. The zero-order valence-electron chi connectivity index (χ0n) is 13.0. The van der Waals surface area contributed by atoms with Crippen LogP contribution in [-0.4, -0.2) is 22.6 Å². The summed E-state index contributed by atoms with van der Waals surface area (Å²) in [6, 6.07) is 3.61. The van der Waals surface area contributed by atoms with Crippen LogP contribution in [-0.2, 0) is 18.5 Å². The Morgan fingerprint density at radius 3 is 2.83 bits per heavy atom. The Morgan fingerprint density at radius 1 is 1.30 bits per heavy atom. The van der Waals surface area contributed by atoms with Crippen LogP contribution >= 0.6 is 0 Å². The molecule has 0 saturated heterocycles. The van der Waals surface area contributed by atoms with Gasteiger partial charge in [-0.1, -0.05) is 6.07 Å². The van der Waals surface area contributed by atoms with E-state index in [0.29, 0.717) is 17.8 Å². The largest absolute Gasteiger partial charge is 0.342 e. The van der Waals surface area contributed by atoms with E-state index in [0.717, 1.165) is 36.4 Å². The van der Waals surface area contributed by atoms with Gasteiger partial charge in [0, 0.05) is 30.8 Å². The Kier molecular flexibility index (Phi) is 3.89. The number of halogens is 2. The van der Waals surface area contributed by atoms with Crippen LogP contribution in [0.5, 0.6) is 0 Å². The van der Waals surface area contributed by atoms with E-state index in [4.69, 9.17) is 0 Å². The molecule has 5 nitrogen and oxygen atoms in total. The Bertz CT molecular complexity index is 755. The lowest BCUT2D eigenvalue weighted by Gasteiger charge is -2.27. The summed E-state index contributed by atoms with van der Waals surface area (Å²) in [6.07, 6.45) is 0.794. The minimum absolute atomic E-state index is 0.336. The summed E-state index contributed by atoms with van der Waals surface area (Å²) in [6.45, 7) is 4.89. The molecule has 1 aliphatic rings. The second-order valence-electron chi connectivity index (χ2n) is 6.16. The number of benzene rings is 1. The molecule has 2 aromatic rings. The standard InChI is InChI=1S/C16H18F2N4O/c1-16(2,9-3-4-11(17)12(18)7-9)20-15(23)14-10-8-19-6-5-13(10)21-22-14/h3-4,7,19H,5-6,8H2,1-2H3,(H,20,23)(H,21,22). The first kappa shape index (κ1) is 15.6. The topological polar surface area (TPSA) is 69.8 Å². The number of rotatable bonds is 3. The summed E-state index contributed by atoms with van der Waals surface area (Å²) in [5.41, 5.74) is 1.77. The van der Waals surface area contributed by atoms with Crippen molar-refractivity contribution < 1.29 is 13.6 Å². The van der Waals surface area contributed by atoms with Crippen molar-refractivity contribution in [3.05, 3.63) is 52.3 Å². The van der Waals surface area contributed by atoms with Gasteiger partial charge in [-0.2, -0.15) is 5.10 Å². The van der Waals surface area contributed by atoms with Gasteiger partial charge in [0.15, 0.2) is 17.3 Å². The summed E-state index contributed by atoms with van der Waals surface area (Å²) >= 11 is 0. The normalized spacial score (nSPS) is 14.4. The molecule has 1 aliphatic heterocycles. The lowest BCUT2D eigenvalue weighted by molar-refractivity contribution is 0.0905. The summed E-state index contributed by atoms with van der Waals surface area (Å²) in [7, 11) is 0. The molecule has 1 amide bonds. The molecule has 0 fully saturated rings. The van der Waals surface area contributed by atoms with E-state index in [-0.39, 0.29) is 5.91 Å². The zero-order valence-corrected chi connectivity index (χ0v) is 13.0. The second-order valence-corrected chi connectivity index (χ2v) is 6.16. The van der Waals surface area contributed by atoms with Gasteiger partial charge in [0.1, 0.15) is 0 Å². The maximum atomic E-state index is 13.4. The molecule has 122 valence electrons. The minimum Gasteiger partial charge on any atom is -0.342 e. The molecule has 7 heteroatoms. The summed E-state index contributed by atoms with van der Waals surface area (Å²) in [5, 5.41) is 13.0. The van der Waals surface area contributed by atoms with E-state index in [1.807, 2.05) is 0 Å². The third-order valence-corrected chi connectivity index (χ3v) is 4.09. The number of aromatic amines is 1. The van der Waals surface area contributed by atoms with Crippen LogP contribution < -0.4 is 10.6 Å². The van der Waals surface area contributed by atoms with Crippen molar-refractivity contribution in [3.8, 4) is 0 Å². The first-order chi connectivity index (χ1) is 10.9. The first-order valence-corrected chi connectivity index (χ1v) is 7.43. The Hall–Kier alpha value is -2.28. The van der Waals surface area contributed by atoms with E-state index in [1.54, 1.807) is 13.8 Å². The summed E-state index contributed by atoms with van der Waals surface area (Å²) < 4.78 is 26.5. The van der Waals surface area contributed by atoms with Crippen LogP contribution in [0.4, 0.5) is 8.78 Å². The first-order valence-electron chi connectivity index (χ1n) is 7.43. The quantitative estimate of drug-likeness (QED) is 0.810. The van der Waals surface area contributed by atoms with Crippen molar-refractivity contribution in [1.82, 2.24) is 20.8 Å². The predicted octanol–water partition coefficient (Wildman–Crippen LogP) is 2.00. The van der Waals surface area contributed by atoms with Gasteiger partial charge in [0.25, 0.3) is 5.91 Å². The van der Waals surface area contributed by atoms with Crippen molar-refractivity contribution >= 4 is 5.91 Å². The zero-order chi connectivity index (χ0) is 16.6. The molecule has 0 spiro atoms. The minimum atomic E-state index is -0.939. The lowest BCUT2D eigenvalue weighted by atomic mass is 9.93. The average Bonchev–Trinajstić information content (AvgIpc) is 2.93. The molecule has 23 heavy (non-hydrogen) atoms. The average molecular weight is 320 g/mol. The second kappa shape index (κ2) is 5.73. The van der Waals surface area contributed by atoms with E-state index in [2.05, 4.69) is 20.8 Å². The van der Waals surface area contributed by atoms with Crippen molar-refractivity contribution in [2.45, 2.75) is 32.4 Å². The number of carbonyl (C=O) groups excluding carboxylic acids is 1. The van der Waals surface area contributed by atoms with Gasteiger partial charge < -0.3 is 10.6 Å². The van der Waals surface area contributed by atoms with Crippen LogP contribution in [0.1, 0.15) is 41.2 Å². The van der Waals surface area contributed by atoms with Gasteiger partial charge >= 0.3 is 0 Å². The van der Waals surface area contributed by atoms with Gasteiger partial charge in [-0.3, -0.25) is 9.89 Å². The summed E-state index contributed by atoms with van der Waals surface area (Å²) in [4.78, 5) is 12.5. The Labute approximate surface area is 132 Å². The number of nitrogens with zero attached hydrogens (tertiary/aromatic N) is 1. The molecule has 0 bridgehead atoms. The van der Waals surface area contributed by atoms with Crippen LogP contribution in [0.3, 0.4) is 0 Å². The van der Waals surface area contributed by atoms with Gasteiger partial charge in [-0.15, -0.1) is 0 Å². The van der Waals surface area contributed by atoms with Crippen molar-refractivity contribution in [2.75, 3.05) is 6.54 Å². The van der Waals surface area contributed by atoms with E-state index in [1.165, 1.54) is 6.07 Å². The van der Waals surface area contributed by atoms with E-state index in [9.17, 15) is 13.6 Å². The maximum absolute atomic E-state index is 13.4. The number of hydrogen-bond donors (Lipinski definition) is 3. The number of hydrogen-bond acceptors (Lipinski definition) is 3. The number of fused-ring (bicyclic) bond motifs is 1. The molecule has 0 radical (unpaired) electrons. The smallest absolute Gasteiger partial charge is 0.272 e. The summed E-state index contributed by atoms with van der Waals surface area (Å²) in [5.74, 6) is -2.20. The molecule has 1 aromatic carbocycles. The number of carbonyl (C=O) groups is 1. The van der Waals surface area contributed by atoms with Gasteiger partial charge in [0.2, 0.25) is 0 Å². The fourth-order valence-corrected chi connectivity index (χ4v) is 2.71. The molecular weight excluding hydrogens is 302 g/mol. The fourth-order valence-electron chi connectivity index (χ4n) is 2.71.